The molecule has 0 saturated heterocycles. The number of aliphatic carboxylic acids is 1. The normalized spacial score (nSPS) is 12.4. The first kappa shape index (κ1) is 17.0. The van der Waals surface area contributed by atoms with Gasteiger partial charge in [-0.15, -0.1) is 0 Å². The molecule has 9 heteroatoms. The maximum Gasteiger partial charge on any atom is 0.406 e. The minimum atomic E-state index is -4.69. The molecule has 0 rings (SSSR count). The number of carboxylic acids is 1. The zero-order valence-corrected chi connectivity index (χ0v) is 10.4. The van der Waals surface area contributed by atoms with Crippen LogP contribution in [0.1, 0.15) is 6.92 Å². The highest BCUT2D eigenvalue weighted by Crippen LogP contribution is 2.17. The van der Waals surface area contributed by atoms with Gasteiger partial charge >= 0.3 is 18.2 Å². The van der Waals surface area contributed by atoms with Gasteiger partial charge in [-0.3, -0.25) is 4.79 Å². The molecule has 2 amide bonds. The highest BCUT2D eigenvalue weighted by Gasteiger charge is 2.35. The summed E-state index contributed by atoms with van der Waals surface area (Å²) in [5, 5.41) is 17.1. The first-order valence-corrected chi connectivity index (χ1v) is 5.25. The molecule has 0 radical (unpaired) electrons. The van der Waals surface area contributed by atoms with Gasteiger partial charge in [0, 0.05) is 13.6 Å². The van der Waals surface area contributed by atoms with Crippen LogP contribution in [0.15, 0.2) is 0 Å². The third-order valence-electron chi connectivity index (χ3n) is 2.06. The lowest BCUT2D eigenvalue weighted by atomic mass is 10.2. The predicted octanol–water partition coefficient (Wildman–Crippen LogP) is 1.15. The maximum atomic E-state index is 12.3. The molecule has 0 aromatic rings. The average Bonchev–Trinajstić information content (AvgIpc) is 2.24. The van der Waals surface area contributed by atoms with E-state index in [0.717, 1.165) is 4.90 Å². The number of carboxylic acid groups (broad SMARTS) is 1. The van der Waals surface area contributed by atoms with Crippen molar-refractivity contribution in [3.8, 4) is 6.07 Å². The number of alkyl halides is 3. The molecule has 6 nitrogen and oxygen atoms in total. The van der Waals surface area contributed by atoms with Crippen molar-refractivity contribution in [2.75, 3.05) is 26.7 Å². The maximum absolute atomic E-state index is 12.3. The number of carbonyl (C=O) groups is 2. The fourth-order valence-electron chi connectivity index (χ4n) is 1.34. The second-order valence-corrected chi connectivity index (χ2v) is 4.06. The molecule has 0 heterocycles. The van der Waals surface area contributed by atoms with E-state index in [1.807, 2.05) is 6.07 Å². The van der Waals surface area contributed by atoms with Crippen LogP contribution < -0.4 is 0 Å². The summed E-state index contributed by atoms with van der Waals surface area (Å²) in [4.78, 5) is 23.2. The SMILES string of the molecule is CC(C#N)CN(C)C(=O)N(CC(=O)O)CC(F)(F)F. The fourth-order valence-corrected chi connectivity index (χ4v) is 1.34. The molecular formula is C10H14F3N3O3. The number of nitrogens with zero attached hydrogens (tertiary/aromatic N) is 3. The number of halogens is 3. The predicted molar refractivity (Wildman–Crippen MR) is 58.1 cm³/mol. The van der Waals surface area contributed by atoms with Crippen LogP contribution in [0.2, 0.25) is 0 Å². The number of hydrogen-bond acceptors (Lipinski definition) is 3. The van der Waals surface area contributed by atoms with E-state index in [-0.39, 0.29) is 11.4 Å². The summed E-state index contributed by atoms with van der Waals surface area (Å²) in [7, 11) is 1.21. The van der Waals surface area contributed by atoms with Crippen LogP contribution in [-0.4, -0.2) is 59.8 Å². The van der Waals surface area contributed by atoms with Crippen LogP contribution in [0.25, 0.3) is 0 Å². The van der Waals surface area contributed by atoms with E-state index in [2.05, 4.69) is 0 Å². The van der Waals surface area contributed by atoms with Crippen LogP contribution >= 0.6 is 0 Å². The first-order valence-electron chi connectivity index (χ1n) is 5.25. The van der Waals surface area contributed by atoms with Crippen molar-refractivity contribution in [3.63, 3.8) is 0 Å². The summed E-state index contributed by atoms with van der Waals surface area (Å²) >= 11 is 0. The van der Waals surface area contributed by atoms with E-state index in [0.29, 0.717) is 0 Å². The molecule has 0 saturated carbocycles. The third kappa shape index (κ3) is 7.13. The van der Waals surface area contributed by atoms with Crippen LogP contribution in [0.3, 0.4) is 0 Å². The van der Waals surface area contributed by atoms with Gasteiger partial charge in [0.15, 0.2) is 0 Å². The molecular weight excluding hydrogens is 267 g/mol. The summed E-state index contributed by atoms with van der Waals surface area (Å²) in [6, 6.07) is 0.746. The Balaban J connectivity index is 4.80. The number of hydrogen-bond donors (Lipinski definition) is 1. The first-order chi connectivity index (χ1) is 8.56. The highest BCUT2D eigenvalue weighted by molar-refractivity contribution is 5.80. The molecule has 0 fully saturated rings. The largest absolute Gasteiger partial charge is 0.480 e. The van der Waals surface area contributed by atoms with Gasteiger partial charge in [-0.05, 0) is 6.92 Å². The Bertz CT molecular complexity index is 378. The second-order valence-electron chi connectivity index (χ2n) is 4.06. The van der Waals surface area contributed by atoms with E-state index in [1.165, 1.54) is 14.0 Å². The van der Waals surface area contributed by atoms with Gasteiger partial charge in [0.1, 0.15) is 13.1 Å². The van der Waals surface area contributed by atoms with Crippen molar-refractivity contribution in [1.29, 1.82) is 5.26 Å². The third-order valence-corrected chi connectivity index (χ3v) is 2.06. The van der Waals surface area contributed by atoms with Crippen LogP contribution in [-0.2, 0) is 4.79 Å². The Morgan fingerprint density at radius 2 is 1.95 bits per heavy atom. The molecule has 0 aromatic carbocycles. The molecule has 0 spiro atoms. The van der Waals surface area contributed by atoms with Gasteiger partial charge in [0.2, 0.25) is 0 Å². The molecule has 0 aromatic heterocycles. The Kier molecular flexibility index (Phi) is 6.11. The molecule has 19 heavy (non-hydrogen) atoms. The number of carbonyl (C=O) groups excluding carboxylic acids is 1. The number of amides is 2. The van der Waals surface area contributed by atoms with Crippen LogP contribution in [0.5, 0.6) is 0 Å². The van der Waals surface area contributed by atoms with Crippen molar-refractivity contribution in [3.05, 3.63) is 0 Å². The Morgan fingerprint density at radius 3 is 2.32 bits per heavy atom. The molecule has 0 bridgehead atoms. The van der Waals surface area contributed by atoms with Crippen LogP contribution in [0, 0.1) is 17.2 Å². The lowest BCUT2D eigenvalue weighted by Gasteiger charge is -2.28. The topological polar surface area (TPSA) is 84.6 Å². The second kappa shape index (κ2) is 6.82. The summed E-state index contributed by atoms with van der Waals surface area (Å²) in [6.07, 6.45) is -4.69. The molecule has 108 valence electrons. The van der Waals surface area contributed by atoms with Gasteiger partial charge < -0.3 is 14.9 Å². The summed E-state index contributed by atoms with van der Waals surface area (Å²) in [5.41, 5.74) is 0. The molecule has 0 aliphatic heterocycles. The van der Waals surface area contributed by atoms with Crippen molar-refractivity contribution in [1.82, 2.24) is 9.80 Å². The Labute approximate surface area is 108 Å². The summed E-state index contributed by atoms with van der Waals surface area (Å²) in [5.74, 6) is -2.11. The van der Waals surface area contributed by atoms with E-state index < -0.39 is 37.2 Å². The standard InChI is InChI=1S/C10H14F3N3O3/c1-7(3-14)4-15(2)9(19)16(5-8(17)18)6-10(11,12)13/h7H,4-6H2,1-2H3,(H,17,18). The van der Waals surface area contributed by atoms with Crippen LogP contribution in [0.4, 0.5) is 18.0 Å². The fraction of sp³-hybridized carbons (Fsp3) is 0.700. The molecule has 0 aliphatic rings. The molecule has 1 atom stereocenters. The zero-order chi connectivity index (χ0) is 15.2. The van der Waals surface area contributed by atoms with E-state index in [1.54, 1.807) is 0 Å². The van der Waals surface area contributed by atoms with E-state index in [4.69, 9.17) is 10.4 Å². The highest BCUT2D eigenvalue weighted by atomic mass is 19.4. The molecule has 1 unspecified atom stereocenters. The Hall–Kier alpha value is -1.98. The molecule has 1 N–H and O–H groups in total. The van der Waals surface area contributed by atoms with Crippen molar-refractivity contribution >= 4 is 12.0 Å². The minimum Gasteiger partial charge on any atom is -0.480 e. The number of urea groups is 1. The van der Waals surface area contributed by atoms with Gasteiger partial charge in [-0.25, -0.2) is 4.79 Å². The molecule has 0 aliphatic carbocycles. The van der Waals surface area contributed by atoms with Gasteiger partial charge in [-0.1, -0.05) is 0 Å². The lowest BCUT2D eigenvalue weighted by Crippen LogP contribution is -2.48. The van der Waals surface area contributed by atoms with E-state index in [9.17, 15) is 22.8 Å². The summed E-state index contributed by atoms with van der Waals surface area (Å²) in [6.45, 7) is -1.29. The minimum absolute atomic E-state index is 0.0801. The average molecular weight is 281 g/mol. The number of rotatable bonds is 5. The Morgan fingerprint density at radius 1 is 1.42 bits per heavy atom. The van der Waals surface area contributed by atoms with Gasteiger partial charge in [-0.2, -0.15) is 18.4 Å². The van der Waals surface area contributed by atoms with Crippen molar-refractivity contribution in [2.45, 2.75) is 13.1 Å². The van der Waals surface area contributed by atoms with Gasteiger partial charge in [0.05, 0.1) is 12.0 Å². The zero-order valence-electron chi connectivity index (χ0n) is 10.4. The lowest BCUT2D eigenvalue weighted by molar-refractivity contribution is -0.149. The summed E-state index contributed by atoms with van der Waals surface area (Å²) < 4.78 is 36.8. The smallest absolute Gasteiger partial charge is 0.406 e. The van der Waals surface area contributed by atoms with Gasteiger partial charge in [0.25, 0.3) is 0 Å². The van der Waals surface area contributed by atoms with Crippen molar-refractivity contribution in [2.24, 2.45) is 5.92 Å². The quantitative estimate of drug-likeness (QED) is 0.819. The van der Waals surface area contributed by atoms with Crippen molar-refractivity contribution < 1.29 is 27.9 Å². The van der Waals surface area contributed by atoms with E-state index >= 15 is 0 Å². The monoisotopic (exact) mass is 281 g/mol. The number of nitriles is 1.